The Morgan fingerprint density at radius 1 is 1.61 bits per heavy atom. The molecule has 0 aliphatic carbocycles. The Bertz CT molecular complexity index is 424. The Hall–Kier alpha value is -1.17. The van der Waals surface area contributed by atoms with Crippen molar-refractivity contribution in [3.05, 3.63) is 23.5 Å². The first-order valence-corrected chi connectivity index (χ1v) is 5.97. The highest BCUT2D eigenvalue weighted by Gasteiger charge is 2.24. The van der Waals surface area contributed by atoms with Crippen LogP contribution in [0.4, 0.5) is 5.69 Å². The lowest BCUT2D eigenvalue weighted by molar-refractivity contribution is -0.118. The molecular weight excluding hydrogens is 254 g/mol. The van der Waals surface area contributed by atoms with Crippen molar-refractivity contribution >= 4 is 23.2 Å². The largest absolute Gasteiger partial charge is 0.394 e. The number of pyridine rings is 1. The number of aliphatic hydroxyl groups excluding tert-OH is 1. The van der Waals surface area contributed by atoms with Gasteiger partial charge in [0, 0.05) is 11.7 Å². The van der Waals surface area contributed by atoms with Crippen molar-refractivity contribution in [2.45, 2.75) is 19.4 Å². The number of nitrogens with zero attached hydrogens (tertiary/aromatic N) is 2. The van der Waals surface area contributed by atoms with Crippen LogP contribution in [0.1, 0.15) is 13.8 Å². The summed E-state index contributed by atoms with van der Waals surface area (Å²) in [6, 6.07) is 3.38. The second-order valence-electron chi connectivity index (χ2n) is 4.72. The highest BCUT2D eigenvalue weighted by atomic mass is 35.5. The molecule has 0 unspecified atom stereocenters. The van der Waals surface area contributed by atoms with Gasteiger partial charge in [-0.1, -0.05) is 11.6 Å². The lowest BCUT2D eigenvalue weighted by Crippen LogP contribution is -2.47. The van der Waals surface area contributed by atoms with Crippen LogP contribution in [0.25, 0.3) is 0 Å². The molecule has 1 aromatic heterocycles. The van der Waals surface area contributed by atoms with E-state index in [2.05, 4.69) is 10.3 Å². The number of anilines is 1. The molecule has 5 nitrogen and oxygen atoms in total. The van der Waals surface area contributed by atoms with E-state index in [4.69, 9.17) is 11.6 Å². The topological polar surface area (TPSA) is 65.5 Å². The Kier molecular flexibility index (Phi) is 5.07. The molecule has 2 N–H and O–H groups in total. The Balaban J connectivity index is 2.60. The van der Waals surface area contributed by atoms with Crippen LogP contribution in [-0.2, 0) is 4.79 Å². The summed E-state index contributed by atoms with van der Waals surface area (Å²) in [5, 5.41) is 12.1. The molecule has 0 aliphatic heterocycles. The smallest absolute Gasteiger partial charge is 0.238 e. The fraction of sp³-hybridized carbons (Fsp3) is 0.500. The normalized spacial score (nSPS) is 11.7. The molecule has 18 heavy (non-hydrogen) atoms. The second-order valence-corrected chi connectivity index (χ2v) is 5.07. The van der Waals surface area contributed by atoms with Gasteiger partial charge in [-0.25, -0.2) is 4.98 Å². The van der Waals surface area contributed by atoms with Crippen molar-refractivity contribution in [1.29, 1.82) is 0 Å². The zero-order valence-corrected chi connectivity index (χ0v) is 11.5. The predicted octanol–water partition coefficient (Wildman–Crippen LogP) is 1.38. The number of carbonyl (C=O) groups excluding carboxylic acids is 1. The van der Waals surface area contributed by atoms with Crippen LogP contribution in [0.2, 0.25) is 5.15 Å². The molecule has 0 radical (unpaired) electrons. The number of amides is 1. The highest BCUT2D eigenvalue weighted by molar-refractivity contribution is 6.32. The Labute approximate surface area is 112 Å². The molecule has 6 heteroatoms. The maximum Gasteiger partial charge on any atom is 0.238 e. The average molecular weight is 272 g/mol. The van der Waals surface area contributed by atoms with E-state index in [1.54, 1.807) is 30.3 Å². The van der Waals surface area contributed by atoms with Crippen LogP contribution < -0.4 is 5.32 Å². The third-order valence-electron chi connectivity index (χ3n) is 2.83. The van der Waals surface area contributed by atoms with Crippen molar-refractivity contribution in [1.82, 2.24) is 9.88 Å². The van der Waals surface area contributed by atoms with Crippen LogP contribution in [0.15, 0.2) is 18.3 Å². The van der Waals surface area contributed by atoms with Gasteiger partial charge < -0.3 is 10.4 Å². The number of likely N-dealkylation sites (N-methyl/N-ethyl adjacent to an activating group) is 1. The van der Waals surface area contributed by atoms with Gasteiger partial charge in [0.25, 0.3) is 0 Å². The molecule has 0 fully saturated rings. The van der Waals surface area contributed by atoms with Crippen LogP contribution >= 0.6 is 11.6 Å². The number of aliphatic hydroxyl groups is 1. The van der Waals surface area contributed by atoms with Crippen LogP contribution in [0.3, 0.4) is 0 Å². The molecule has 1 aromatic rings. The minimum Gasteiger partial charge on any atom is -0.394 e. The molecule has 0 aromatic carbocycles. The first-order chi connectivity index (χ1) is 8.36. The summed E-state index contributed by atoms with van der Waals surface area (Å²) < 4.78 is 0. The number of halogens is 1. The minimum atomic E-state index is -0.448. The summed E-state index contributed by atoms with van der Waals surface area (Å²) in [6.45, 7) is 3.86. The van der Waals surface area contributed by atoms with E-state index in [0.717, 1.165) is 0 Å². The molecule has 100 valence electrons. The number of aromatic nitrogens is 1. The molecule has 0 spiro atoms. The van der Waals surface area contributed by atoms with Crippen LogP contribution in [-0.4, -0.2) is 46.6 Å². The molecule has 1 heterocycles. The Morgan fingerprint density at radius 3 is 2.83 bits per heavy atom. The van der Waals surface area contributed by atoms with Crippen molar-refractivity contribution in [3.63, 3.8) is 0 Å². The second kappa shape index (κ2) is 6.13. The van der Waals surface area contributed by atoms with E-state index in [1.165, 1.54) is 0 Å². The quantitative estimate of drug-likeness (QED) is 0.794. The van der Waals surface area contributed by atoms with Gasteiger partial charge in [-0.05, 0) is 33.0 Å². The molecular formula is C12H18ClN3O2. The molecule has 1 amide bonds. The standard InChI is InChI=1S/C12H18ClN3O2/c1-12(2,8-17)16(3)7-10(18)15-9-5-4-6-14-11(9)13/h4-6,17H,7-8H2,1-3H3,(H,15,18). The van der Waals surface area contributed by atoms with Gasteiger partial charge in [0.2, 0.25) is 5.91 Å². The molecule has 0 aliphatic rings. The third-order valence-corrected chi connectivity index (χ3v) is 3.14. The first-order valence-electron chi connectivity index (χ1n) is 5.59. The summed E-state index contributed by atoms with van der Waals surface area (Å²) in [4.78, 5) is 17.5. The van der Waals surface area contributed by atoms with Gasteiger partial charge in [-0.15, -0.1) is 0 Å². The van der Waals surface area contributed by atoms with Crippen LogP contribution in [0.5, 0.6) is 0 Å². The van der Waals surface area contributed by atoms with E-state index < -0.39 is 5.54 Å². The summed E-state index contributed by atoms with van der Waals surface area (Å²) in [5.41, 5.74) is 0.0372. The van der Waals surface area contributed by atoms with Crippen molar-refractivity contribution in [2.24, 2.45) is 0 Å². The molecule has 0 bridgehead atoms. The number of hydrogen-bond donors (Lipinski definition) is 2. The fourth-order valence-electron chi connectivity index (χ4n) is 1.22. The fourth-order valence-corrected chi connectivity index (χ4v) is 1.39. The van der Waals surface area contributed by atoms with Gasteiger partial charge in [-0.3, -0.25) is 9.69 Å². The summed E-state index contributed by atoms with van der Waals surface area (Å²) in [7, 11) is 1.78. The SMILES string of the molecule is CN(CC(=O)Nc1cccnc1Cl)C(C)(C)CO. The van der Waals surface area contributed by atoms with Gasteiger partial charge in [0.05, 0.1) is 18.8 Å². The predicted molar refractivity (Wildman–Crippen MR) is 71.7 cm³/mol. The number of carbonyl (C=O) groups is 1. The van der Waals surface area contributed by atoms with Gasteiger partial charge >= 0.3 is 0 Å². The molecule has 0 saturated carbocycles. The number of nitrogens with one attached hydrogen (secondary N) is 1. The maximum atomic E-state index is 11.8. The monoisotopic (exact) mass is 271 g/mol. The van der Waals surface area contributed by atoms with Gasteiger partial charge in [0.1, 0.15) is 0 Å². The van der Waals surface area contributed by atoms with E-state index in [-0.39, 0.29) is 24.2 Å². The summed E-state index contributed by atoms with van der Waals surface area (Å²) in [6.07, 6.45) is 1.55. The average Bonchev–Trinajstić information content (AvgIpc) is 2.32. The molecule has 0 saturated heterocycles. The molecule has 0 atom stereocenters. The zero-order chi connectivity index (χ0) is 13.8. The first kappa shape index (κ1) is 14.9. The van der Waals surface area contributed by atoms with E-state index in [9.17, 15) is 9.90 Å². The summed E-state index contributed by atoms with van der Waals surface area (Å²) in [5.74, 6) is -0.200. The lowest BCUT2D eigenvalue weighted by Gasteiger charge is -2.33. The van der Waals surface area contributed by atoms with E-state index >= 15 is 0 Å². The number of hydrogen-bond acceptors (Lipinski definition) is 4. The summed E-state index contributed by atoms with van der Waals surface area (Å²) >= 11 is 5.84. The zero-order valence-electron chi connectivity index (χ0n) is 10.8. The van der Waals surface area contributed by atoms with Gasteiger partial charge in [0.15, 0.2) is 5.15 Å². The number of rotatable bonds is 5. The van der Waals surface area contributed by atoms with E-state index in [0.29, 0.717) is 5.69 Å². The van der Waals surface area contributed by atoms with Crippen LogP contribution in [0, 0.1) is 0 Å². The minimum absolute atomic E-state index is 0.0234. The van der Waals surface area contributed by atoms with Gasteiger partial charge in [-0.2, -0.15) is 0 Å². The Morgan fingerprint density at radius 2 is 2.28 bits per heavy atom. The molecule has 1 rings (SSSR count). The van der Waals surface area contributed by atoms with Crippen molar-refractivity contribution < 1.29 is 9.90 Å². The third kappa shape index (κ3) is 3.94. The maximum absolute atomic E-state index is 11.8. The van der Waals surface area contributed by atoms with Crippen molar-refractivity contribution in [3.8, 4) is 0 Å². The van der Waals surface area contributed by atoms with Crippen molar-refractivity contribution in [2.75, 3.05) is 25.5 Å². The lowest BCUT2D eigenvalue weighted by atomic mass is 10.1. The highest BCUT2D eigenvalue weighted by Crippen LogP contribution is 2.17. The van der Waals surface area contributed by atoms with E-state index in [1.807, 2.05) is 13.8 Å².